The average Bonchev–Trinajstić information content (AvgIpc) is 2.97. The Morgan fingerprint density at radius 1 is 1.21 bits per heavy atom. The van der Waals surface area contributed by atoms with Crippen LogP contribution < -0.4 is 4.74 Å². The molecule has 0 aliphatic heterocycles. The zero-order valence-electron chi connectivity index (χ0n) is 16.4. The van der Waals surface area contributed by atoms with Crippen molar-refractivity contribution in [2.24, 2.45) is 0 Å². The summed E-state index contributed by atoms with van der Waals surface area (Å²) in [6, 6.07) is 3.62. The van der Waals surface area contributed by atoms with Crippen LogP contribution in [0.2, 0.25) is 0 Å². The summed E-state index contributed by atoms with van der Waals surface area (Å²) in [6.45, 7) is 7.79. The Balaban J connectivity index is 2.09. The highest BCUT2D eigenvalue weighted by atomic mass is 32.2. The summed E-state index contributed by atoms with van der Waals surface area (Å²) in [5.41, 5.74) is 0.485. The third kappa shape index (κ3) is 3.80. The van der Waals surface area contributed by atoms with Gasteiger partial charge in [0.1, 0.15) is 11.2 Å². The van der Waals surface area contributed by atoms with Gasteiger partial charge in [-0.3, -0.25) is 10.1 Å². The van der Waals surface area contributed by atoms with Crippen LogP contribution in [0.5, 0.6) is 11.6 Å². The second kappa shape index (κ2) is 8.01. The number of hydrogen-bond acceptors (Lipinski definition) is 8. The minimum absolute atomic E-state index is 0.0863. The molecule has 0 bridgehead atoms. The SMILES string of the molecule is CCN(CC)S(=O)(=O)c1ccc(Oc2ncnc3sc(C)c(C)c23)c([N+](=O)[O-])c1. The highest BCUT2D eigenvalue weighted by Crippen LogP contribution is 2.39. The third-order valence-corrected chi connectivity index (χ3v) is 7.77. The van der Waals surface area contributed by atoms with Crippen molar-refractivity contribution >= 4 is 37.3 Å². The highest BCUT2D eigenvalue weighted by Gasteiger charge is 2.27. The number of sulfonamides is 1. The van der Waals surface area contributed by atoms with E-state index in [1.54, 1.807) is 13.8 Å². The molecule has 3 rings (SSSR count). The lowest BCUT2D eigenvalue weighted by Gasteiger charge is -2.18. The molecule has 11 heteroatoms. The molecule has 0 saturated carbocycles. The smallest absolute Gasteiger partial charge is 0.312 e. The molecule has 0 amide bonds. The average molecular weight is 437 g/mol. The highest BCUT2D eigenvalue weighted by molar-refractivity contribution is 7.89. The number of nitro benzene ring substituents is 1. The number of nitro groups is 1. The molecule has 0 atom stereocenters. The van der Waals surface area contributed by atoms with Crippen LogP contribution in [-0.2, 0) is 10.0 Å². The molecule has 2 aromatic heterocycles. The van der Waals surface area contributed by atoms with Crippen LogP contribution in [0.3, 0.4) is 0 Å². The van der Waals surface area contributed by atoms with Crippen molar-refractivity contribution in [1.82, 2.24) is 14.3 Å². The standard InChI is InChI=1S/C18H20N4O5S2/c1-5-21(6-2)29(25,26)13-7-8-15(14(9-13)22(23)24)27-17-16-11(3)12(4)28-18(16)20-10-19-17/h7-10H,5-6H2,1-4H3. The van der Waals surface area contributed by atoms with Crippen LogP contribution in [0.1, 0.15) is 24.3 Å². The Hall–Kier alpha value is -2.63. The van der Waals surface area contributed by atoms with E-state index in [9.17, 15) is 18.5 Å². The van der Waals surface area contributed by atoms with E-state index in [1.807, 2.05) is 13.8 Å². The fourth-order valence-electron chi connectivity index (χ4n) is 2.93. The zero-order valence-corrected chi connectivity index (χ0v) is 18.0. The Kier molecular flexibility index (Phi) is 5.82. The number of aromatic nitrogens is 2. The maximum Gasteiger partial charge on any atom is 0.312 e. The van der Waals surface area contributed by atoms with Gasteiger partial charge in [0.05, 0.1) is 15.2 Å². The summed E-state index contributed by atoms with van der Waals surface area (Å²) < 4.78 is 32.4. The van der Waals surface area contributed by atoms with Gasteiger partial charge in [0, 0.05) is 24.0 Å². The summed E-state index contributed by atoms with van der Waals surface area (Å²) >= 11 is 1.48. The predicted molar refractivity (Wildman–Crippen MR) is 110 cm³/mol. The fourth-order valence-corrected chi connectivity index (χ4v) is 5.40. The molecule has 154 valence electrons. The summed E-state index contributed by atoms with van der Waals surface area (Å²) in [6.07, 6.45) is 1.33. The third-order valence-electron chi connectivity index (χ3n) is 4.61. The molecule has 9 nitrogen and oxygen atoms in total. The van der Waals surface area contributed by atoms with Crippen LogP contribution in [0.4, 0.5) is 5.69 Å². The molecule has 0 aliphatic rings. The van der Waals surface area contributed by atoms with E-state index in [2.05, 4.69) is 9.97 Å². The molecule has 0 unspecified atom stereocenters. The molecular formula is C18H20N4O5S2. The van der Waals surface area contributed by atoms with Crippen molar-refractivity contribution in [3.8, 4) is 11.6 Å². The van der Waals surface area contributed by atoms with E-state index in [-0.39, 0.29) is 29.6 Å². The van der Waals surface area contributed by atoms with Crippen molar-refractivity contribution in [3.05, 3.63) is 45.1 Å². The van der Waals surface area contributed by atoms with E-state index >= 15 is 0 Å². The van der Waals surface area contributed by atoms with Crippen LogP contribution in [0, 0.1) is 24.0 Å². The van der Waals surface area contributed by atoms with E-state index in [4.69, 9.17) is 4.74 Å². The monoisotopic (exact) mass is 436 g/mol. The summed E-state index contributed by atoms with van der Waals surface area (Å²) in [4.78, 5) is 20.9. The fraction of sp³-hybridized carbons (Fsp3) is 0.333. The first-order valence-corrected chi connectivity index (χ1v) is 11.1. The number of nitrogens with zero attached hydrogens (tertiary/aromatic N) is 4. The van der Waals surface area contributed by atoms with Crippen LogP contribution in [-0.4, -0.2) is 40.7 Å². The Morgan fingerprint density at radius 2 is 1.90 bits per heavy atom. The number of ether oxygens (including phenoxy) is 1. The second-order valence-electron chi connectivity index (χ2n) is 6.22. The van der Waals surface area contributed by atoms with Gasteiger partial charge in [-0.05, 0) is 31.5 Å². The van der Waals surface area contributed by atoms with Crippen molar-refractivity contribution in [2.75, 3.05) is 13.1 Å². The van der Waals surface area contributed by atoms with Gasteiger partial charge in [0.15, 0.2) is 0 Å². The normalized spacial score (nSPS) is 11.9. The van der Waals surface area contributed by atoms with Gasteiger partial charge in [-0.2, -0.15) is 4.31 Å². The van der Waals surface area contributed by atoms with Crippen LogP contribution in [0.25, 0.3) is 10.2 Å². The van der Waals surface area contributed by atoms with Crippen molar-refractivity contribution in [3.63, 3.8) is 0 Å². The first-order valence-electron chi connectivity index (χ1n) is 8.87. The van der Waals surface area contributed by atoms with E-state index in [0.717, 1.165) is 16.5 Å². The molecule has 0 radical (unpaired) electrons. The summed E-state index contributed by atoms with van der Waals surface area (Å²) in [7, 11) is -3.84. The van der Waals surface area contributed by atoms with Crippen LogP contribution in [0.15, 0.2) is 29.4 Å². The molecule has 0 spiro atoms. The number of aryl methyl sites for hydroxylation is 2. The maximum absolute atomic E-state index is 12.7. The lowest BCUT2D eigenvalue weighted by Crippen LogP contribution is -2.30. The van der Waals surface area contributed by atoms with Gasteiger partial charge in [-0.25, -0.2) is 18.4 Å². The Morgan fingerprint density at radius 3 is 2.52 bits per heavy atom. The van der Waals surface area contributed by atoms with E-state index in [1.165, 1.54) is 34.1 Å². The van der Waals surface area contributed by atoms with Crippen molar-refractivity contribution < 1.29 is 18.1 Å². The molecule has 1 aromatic carbocycles. The molecular weight excluding hydrogens is 416 g/mol. The lowest BCUT2D eigenvalue weighted by atomic mass is 10.2. The Labute approximate surface area is 172 Å². The van der Waals surface area contributed by atoms with E-state index < -0.39 is 20.6 Å². The number of thiophene rings is 1. The molecule has 0 saturated heterocycles. The van der Waals surface area contributed by atoms with Crippen molar-refractivity contribution in [1.29, 1.82) is 0 Å². The molecule has 2 heterocycles. The van der Waals surface area contributed by atoms with Gasteiger partial charge in [-0.15, -0.1) is 11.3 Å². The minimum Gasteiger partial charge on any atom is -0.431 e. The quantitative estimate of drug-likeness (QED) is 0.405. The number of hydrogen-bond donors (Lipinski definition) is 0. The molecule has 3 aromatic rings. The second-order valence-corrected chi connectivity index (χ2v) is 9.36. The summed E-state index contributed by atoms with van der Waals surface area (Å²) in [5, 5.41) is 12.3. The van der Waals surface area contributed by atoms with E-state index in [0.29, 0.717) is 10.2 Å². The summed E-state index contributed by atoms with van der Waals surface area (Å²) in [5.74, 6) is 0.107. The van der Waals surface area contributed by atoms with Gasteiger partial charge in [-0.1, -0.05) is 13.8 Å². The van der Waals surface area contributed by atoms with Crippen molar-refractivity contribution in [2.45, 2.75) is 32.6 Å². The number of rotatable bonds is 7. The van der Waals surface area contributed by atoms with Gasteiger partial charge in [0.25, 0.3) is 0 Å². The zero-order chi connectivity index (χ0) is 21.3. The molecule has 0 fully saturated rings. The first kappa shape index (κ1) is 21.1. The molecule has 0 aliphatic carbocycles. The number of fused-ring (bicyclic) bond motifs is 1. The molecule has 0 N–H and O–H groups in total. The first-order chi connectivity index (χ1) is 13.7. The van der Waals surface area contributed by atoms with Crippen LogP contribution >= 0.6 is 11.3 Å². The van der Waals surface area contributed by atoms with Gasteiger partial charge >= 0.3 is 5.69 Å². The Bertz CT molecular complexity index is 1190. The number of benzene rings is 1. The largest absolute Gasteiger partial charge is 0.431 e. The van der Waals surface area contributed by atoms with Gasteiger partial charge in [0.2, 0.25) is 21.7 Å². The lowest BCUT2D eigenvalue weighted by molar-refractivity contribution is -0.385. The predicted octanol–water partition coefficient (Wildman–Crippen LogP) is 4.04. The maximum atomic E-state index is 12.7. The topological polar surface area (TPSA) is 116 Å². The molecule has 29 heavy (non-hydrogen) atoms. The minimum atomic E-state index is -3.84. The van der Waals surface area contributed by atoms with Gasteiger partial charge < -0.3 is 4.74 Å².